The van der Waals surface area contributed by atoms with Crippen molar-refractivity contribution in [1.82, 2.24) is 10.2 Å². The van der Waals surface area contributed by atoms with E-state index >= 15 is 0 Å². The first-order valence-electron chi connectivity index (χ1n) is 6.92. The lowest BCUT2D eigenvalue weighted by atomic mass is 9.87. The Labute approximate surface area is 122 Å². The van der Waals surface area contributed by atoms with Gasteiger partial charge < -0.3 is 10.4 Å². The first-order chi connectivity index (χ1) is 9.95. The van der Waals surface area contributed by atoms with Gasteiger partial charge in [-0.25, -0.2) is 4.39 Å². The van der Waals surface area contributed by atoms with E-state index in [4.69, 9.17) is 5.11 Å². The Morgan fingerprint density at radius 1 is 1.38 bits per heavy atom. The normalized spacial score (nSPS) is 17.0. The largest absolute Gasteiger partial charge is 0.481 e. The molecule has 2 rings (SSSR count). The number of likely N-dealkylation sites (tertiary alicyclic amines) is 1. The second kappa shape index (κ2) is 6.67. The van der Waals surface area contributed by atoms with Crippen molar-refractivity contribution < 1.29 is 19.1 Å². The summed E-state index contributed by atoms with van der Waals surface area (Å²) in [6.45, 7) is 3.60. The fourth-order valence-corrected chi connectivity index (χ4v) is 2.32. The Hall–Kier alpha value is -1.95. The van der Waals surface area contributed by atoms with Gasteiger partial charge in [-0.1, -0.05) is 19.1 Å². The number of hydrogen-bond donors (Lipinski definition) is 2. The Morgan fingerprint density at radius 3 is 2.57 bits per heavy atom. The van der Waals surface area contributed by atoms with E-state index in [1.807, 2.05) is 4.90 Å². The van der Waals surface area contributed by atoms with Crippen LogP contribution in [-0.2, 0) is 16.1 Å². The van der Waals surface area contributed by atoms with Crippen LogP contribution < -0.4 is 5.32 Å². The molecule has 0 spiro atoms. The number of nitrogens with one attached hydrogen (secondary N) is 1. The third kappa shape index (κ3) is 4.26. The maximum Gasteiger partial charge on any atom is 0.306 e. The molecule has 21 heavy (non-hydrogen) atoms. The standard InChI is InChI=1S/C15H19FN2O3/c1-10(15(20)21)12-7-18(8-12)9-14(19)17-6-11-2-4-13(16)5-3-11/h2-5,10,12H,6-9H2,1H3,(H,17,19)(H,20,21). The van der Waals surface area contributed by atoms with Crippen molar-refractivity contribution in [2.45, 2.75) is 13.5 Å². The SMILES string of the molecule is CC(C(=O)O)C1CN(CC(=O)NCc2ccc(F)cc2)C1. The smallest absolute Gasteiger partial charge is 0.306 e. The number of rotatable bonds is 6. The topological polar surface area (TPSA) is 69.6 Å². The van der Waals surface area contributed by atoms with Crippen LogP contribution in [0, 0.1) is 17.7 Å². The lowest BCUT2D eigenvalue weighted by molar-refractivity contribution is -0.145. The van der Waals surface area contributed by atoms with Crippen molar-refractivity contribution in [2.24, 2.45) is 11.8 Å². The average molecular weight is 294 g/mol. The predicted molar refractivity (Wildman–Crippen MR) is 75.0 cm³/mol. The molecule has 6 heteroatoms. The molecule has 0 aliphatic carbocycles. The predicted octanol–water partition coefficient (Wildman–Crippen LogP) is 1.09. The highest BCUT2D eigenvalue weighted by Crippen LogP contribution is 2.23. The zero-order valence-corrected chi connectivity index (χ0v) is 11.9. The second-order valence-corrected chi connectivity index (χ2v) is 5.48. The minimum atomic E-state index is -0.791. The van der Waals surface area contributed by atoms with Crippen LogP contribution in [0.15, 0.2) is 24.3 Å². The zero-order chi connectivity index (χ0) is 15.4. The molecule has 0 aromatic heterocycles. The van der Waals surface area contributed by atoms with Crippen LogP contribution in [0.25, 0.3) is 0 Å². The molecular weight excluding hydrogens is 275 g/mol. The summed E-state index contributed by atoms with van der Waals surface area (Å²) in [5.74, 6) is -1.46. The van der Waals surface area contributed by atoms with Crippen LogP contribution in [0.2, 0.25) is 0 Å². The maximum atomic E-state index is 12.7. The molecule has 0 radical (unpaired) electrons. The van der Waals surface area contributed by atoms with E-state index < -0.39 is 5.97 Å². The number of nitrogens with zero attached hydrogens (tertiary/aromatic N) is 1. The summed E-state index contributed by atoms with van der Waals surface area (Å²) in [5, 5.41) is 11.7. The molecule has 1 aliphatic rings. The van der Waals surface area contributed by atoms with Crippen LogP contribution in [0.5, 0.6) is 0 Å². The molecule has 1 unspecified atom stereocenters. The first kappa shape index (κ1) is 15.4. The Kier molecular flexibility index (Phi) is 4.90. The van der Waals surface area contributed by atoms with Gasteiger partial charge in [0.05, 0.1) is 12.5 Å². The molecule has 2 N–H and O–H groups in total. The molecule has 1 saturated heterocycles. The van der Waals surface area contributed by atoms with Crippen LogP contribution in [0.4, 0.5) is 4.39 Å². The van der Waals surface area contributed by atoms with Gasteiger partial charge in [0.1, 0.15) is 5.82 Å². The lowest BCUT2D eigenvalue weighted by Crippen LogP contribution is -2.53. The van der Waals surface area contributed by atoms with Gasteiger partial charge in [0, 0.05) is 19.6 Å². The number of carboxylic acids is 1. The van der Waals surface area contributed by atoms with Gasteiger partial charge in [-0.05, 0) is 23.6 Å². The fourth-order valence-electron chi connectivity index (χ4n) is 2.32. The number of carbonyl (C=O) groups excluding carboxylic acids is 1. The minimum Gasteiger partial charge on any atom is -0.481 e. The van der Waals surface area contributed by atoms with E-state index in [-0.39, 0.29) is 30.1 Å². The van der Waals surface area contributed by atoms with E-state index in [1.165, 1.54) is 12.1 Å². The number of halogens is 1. The maximum absolute atomic E-state index is 12.7. The molecule has 1 amide bonds. The fraction of sp³-hybridized carbons (Fsp3) is 0.467. The molecular formula is C15H19FN2O3. The summed E-state index contributed by atoms with van der Waals surface area (Å²) < 4.78 is 12.7. The Morgan fingerprint density at radius 2 is 2.00 bits per heavy atom. The van der Waals surface area contributed by atoms with Crippen molar-refractivity contribution in [2.75, 3.05) is 19.6 Å². The van der Waals surface area contributed by atoms with Gasteiger partial charge in [-0.15, -0.1) is 0 Å². The molecule has 1 aromatic rings. The molecule has 5 nitrogen and oxygen atoms in total. The average Bonchev–Trinajstić information content (AvgIpc) is 2.41. The summed E-state index contributed by atoms with van der Waals surface area (Å²) in [4.78, 5) is 24.5. The van der Waals surface area contributed by atoms with Crippen LogP contribution in [0.3, 0.4) is 0 Å². The number of benzene rings is 1. The summed E-state index contributed by atoms with van der Waals surface area (Å²) in [5.41, 5.74) is 0.839. The Balaban J connectivity index is 1.67. The number of carbonyl (C=O) groups is 2. The second-order valence-electron chi connectivity index (χ2n) is 5.48. The molecule has 0 bridgehead atoms. The van der Waals surface area contributed by atoms with Gasteiger partial charge in [-0.3, -0.25) is 14.5 Å². The zero-order valence-electron chi connectivity index (χ0n) is 11.9. The van der Waals surface area contributed by atoms with Gasteiger partial charge in [0.25, 0.3) is 0 Å². The molecule has 1 aliphatic heterocycles. The number of carboxylic acid groups (broad SMARTS) is 1. The number of hydrogen-bond acceptors (Lipinski definition) is 3. The van der Waals surface area contributed by atoms with Gasteiger partial charge >= 0.3 is 5.97 Å². The number of aliphatic carboxylic acids is 1. The molecule has 1 atom stereocenters. The summed E-state index contributed by atoms with van der Waals surface area (Å²) in [7, 11) is 0. The van der Waals surface area contributed by atoms with Gasteiger partial charge in [0.15, 0.2) is 0 Å². The molecule has 1 heterocycles. The highest BCUT2D eigenvalue weighted by atomic mass is 19.1. The lowest BCUT2D eigenvalue weighted by Gasteiger charge is -2.40. The molecule has 1 fully saturated rings. The quantitative estimate of drug-likeness (QED) is 0.824. The van der Waals surface area contributed by atoms with Gasteiger partial charge in [-0.2, -0.15) is 0 Å². The summed E-state index contributed by atoms with van der Waals surface area (Å²) in [6, 6.07) is 5.97. The van der Waals surface area contributed by atoms with Crippen molar-refractivity contribution in [1.29, 1.82) is 0 Å². The van der Waals surface area contributed by atoms with Crippen molar-refractivity contribution >= 4 is 11.9 Å². The molecule has 114 valence electrons. The number of amides is 1. The first-order valence-corrected chi connectivity index (χ1v) is 6.92. The van der Waals surface area contributed by atoms with E-state index in [1.54, 1.807) is 19.1 Å². The van der Waals surface area contributed by atoms with E-state index in [9.17, 15) is 14.0 Å². The monoisotopic (exact) mass is 294 g/mol. The van der Waals surface area contributed by atoms with Crippen molar-refractivity contribution in [3.05, 3.63) is 35.6 Å². The van der Waals surface area contributed by atoms with Gasteiger partial charge in [0.2, 0.25) is 5.91 Å². The van der Waals surface area contributed by atoms with E-state index in [0.29, 0.717) is 19.6 Å². The summed E-state index contributed by atoms with van der Waals surface area (Å²) >= 11 is 0. The van der Waals surface area contributed by atoms with Crippen molar-refractivity contribution in [3.63, 3.8) is 0 Å². The van der Waals surface area contributed by atoms with E-state index in [2.05, 4.69) is 5.32 Å². The minimum absolute atomic E-state index is 0.110. The third-order valence-electron chi connectivity index (χ3n) is 3.85. The van der Waals surface area contributed by atoms with E-state index in [0.717, 1.165) is 5.56 Å². The van der Waals surface area contributed by atoms with Crippen LogP contribution in [-0.4, -0.2) is 41.5 Å². The third-order valence-corrected chi connectivity index (χ3v) is 3.85. The molecule has 1 aromatic carbocycles. The Bertz CT molecular complexity index is 512. The molecule has 0 saturated carbocycles. The highest BCUT2D eigenvalue weighted by Gasteiger charge is 2.35. The van der Waals surface area contributed by atoms with Crippen LogP contribution >= 0.6 is 0 Å². The van der Waals surface area contributed by atoms with Crippen molar-refractivity contribution in [3.8, 4) is 0 Å². The summed E-state index contributed by atoms with van der Waals surface area (Å²) in [6.07, 6.45) is 0. The highest BCUT2D eigenvalue weighted by molar-refractivity contribution is 5.78. The van der Waals surface area contributed by atoms with Crippen LogP contribution in [0.1, 0.15) is 12.5 Å².